The minimum Gasteiger partial charge on any atom is -0.387 e. The van der Waals surface area contributed by atoms with Crippen LogP contribution in [0.4, 0.5) is 0 Å². The molecular formula is C17H29NO. The van der Waals surface area contributed by atoms with E-state index in [9.17, 15) is 5.11 Å². The Balaban J connectivity index is 2.54. The molecule has 2 nitrogen and oxygen atoms in total. The summed E-state index contributed by atoms with van der Waals surface area (Å²) in [4.78, 5) is 2.24. The molecule has 0 amide bonds. The second-order valence-corrected chi connectivity index (χ2v) is 5.58. The van der Waals surface area contributed by atoms with Crippen molar-refractivity contribution in [3.05, 3.63) is 35.4 Å². The van der Waals surface area contributed by atoms with Gasteiger partial charge in [-0.1, -0.05) is 51.0 Å². The Labute approximate surface area is 118 Å². The number of aliphatic hydroxyl groups is 1. The maximum Gasteiger partial charge on any atom is 0.0916 e. The van der Waals surface area contributed by atoms with Crippen molar-refractivity contribution in [1.29, 1.82) is 0 Å². The highest BCUT2D eigenvalue weighted by Gasteiger charge is 2.14. The van der Waals surface area contributed by atoms with E-state index in [1.165, 1.54) is 24.8 Å². The molecule has 0 aromatic heterocycles. The molecule has 0 saturated carbocycles. The van der Waals surface area contributed by atoms with E-state index in [0.29, 0.717) is 12.6 Å². The zero-order chi connectivity index (χ0) is 14.3. The van der Waals surface area contributed by atoms with Gasteiger partial charge in [0.15, 0.2) is 0 Å². The third kappa shape index (κ3) is 5.33. The smallest absolute Gasteiger partial charge is 0.0916 e. The lowest BCUT2D eigenvalue weighted by Gasteiger charge is -2.27. The number of aliphatic hydroxyl groups excluding tert-OH is 1. The maximum atomic E-state index is 10.3. The molecule has 0 bridgehead atoms. The molecule has 0 fully saturated rings. The van der Waals surface area contributed by atoms with E-state index in [0.717, 1.165) is 12.0 Å². The van der Waals surface area contributed by atoms with E-state index < -0.39 is 0 Å². The normalized spacial score (nSPS) is 14.6. The van der Waals surface area contributed by atoms with Crippen molar-refractivity contribution in [1.82, 2.24) is 4.90 Å². The lowest BCUT2D eigenvalue weighted by Crippen LogP contribution is -2.32. The quantitative estimate of drug-likeness (QED) is 0.771. The molecule has 0 aliphatic carbocycles. The van der Waals surface area contributed by atoms with E-state index in [1.54, 1.807) is 0 Å². The highest BCUT2D eigenvalue weighted by atomic mass is 16.3. The molecule has 1 aromatic rings. The first-order chi connectivity index (χ1) is 9.08. The SMILES string of the molecule is CCCc1ccc(C(O)CN(C)C(C)CCC)cc1. The Hall–Kier alpha value is -0.860. The lowest BCUT2D eigenvalue weighted by atomic mass is 10.0. The number of benzene rings is 1. The summed E-state index contributed by atoms with van der Waals surface area (Å²) in [7, 11) is 2.09. The second-order valence-electron chi connectivity index (χ2n) is 5.58. The fourth-order valence-electron chi connectivity index (χ4n) is 2.39. The summed E-state index contributed by atoms with van der Waals surface area (Å²) >= 11 is 0. The molecule has 2 atom stereocenters. The average Bonchev–Trinajstić information content (AvgIpc) is 2.40. The monoisotopic (exact) mass is 263 g/mol. The van der Waals surface area contributed by atoms with Crippen molar-refractivity contribution in [2.75, 3.05) is 13.6 Å². The van der Waals surface area contributed by atoms with Crippen LogP contribution in [0, 0.1) is 0 Å². The van der Waals surface area contributed by atoms with E-state index in [-0.39, 0.29) is 6.10 Å². The molecule has 0 radical (unpaired) electrons. The number of hydrogen-bond acceptors (Lipinski definition) is 2. The van der Waals surface area contributed by atoms with Crippen molar-refractivity contribution < 1.29 is 5.11 Å². The number of rotatable bonds is 8. The number of hydrogen-bond donors (Lipinski definition) is 1. The third-order valence-corrected chi connectivity index (χ3v) is 3.82. The molecule has 1 rings (SSSR count). The Kier molecular flexibility index (Phi) is 7.11. The molecule has 0 aliphatic heterocycles. The molecule has 1 aromatic carbocycles. The Morgan fingerprint density at radius 1 is 1.11 bits per heavy atom. The second kappa shape index (κ2) is 8.34. The standard InChI is InChI=1S/C17H29NO/c1-5-7-14(3)18(4)13-17(19)16-11-9-15(8-6-2)10-12-16/h9-12,14,17,19H,5-8,13H2,1-4H3. The molecule has 0 spiro atoms. The van der Waals surface area contributed by atoms with Crippen LogP contribution in [0.1, 0.15) is 57.3 Å². The van der Waals surface area contributed by atoms with Crippen molar-refractivity contribution in [3.63, 3.8) is 0 Å². The van der Waals surface area contributed by atoms with Crippen LogP contribution in [-0.2, 0) is 6.42 Å². The summed E-state index contributed by atoms with van der Waals surface area (Å²) in [6.45, 7) is 7.31. The van der Waals surface area contributed by atoms with Crippen molar-refractivity contribution in [2.45, 2.75) is 58.6 Å². The van der Waals surface area contributed by atoms with Crippen molar-refractivity contribution in [3.8, 4) is 0 Å². The fraction of sp³-hybridized carbons (Fsp3) is 0.647. The third-order valence-electron chi connectivity index (χ3n) is 3.82. The molecule has 19 heavy (non-hydrogen) atoms. The van der Waals surface area contributed by atoms with Crippen LogP contribution in [0.2, 0.25) is 0 Å². The van der Waals surface area contributed by atoms with Gasteiger partial charge in [-0.15, -0.1) is 0 Å². The number of nitrogens with zero attached hydrogens (tertiary/aromatic N) is 1. The molecule has 1 N–H and O–H groups in total. The van der Waals surface area contributed by atoms with E-state index in [1.807, 2.05) is 0 Å². The molecular weight excluding hydrogens is 234 g/mol. The maximum absolute atomic E-state index is 10.3. The van der Waals surface area contributed by atoms with E-state index in [2.05, 4.69) is 57.0 Å². The van der Waals surface area contributed by atoms with Gasteiger partial charge in [0.25, 0.3) is 0 Å². The van der Waals surface area contributed by atoms with Gasteiger partial charge in [-0.2, -0.15) is 0 Å². The van der Waals surface area contributed by atoms with Crippen LogP contribution >= 0.6 is 0 Å². The van der Waals surface area contributed by atoms with E-state index >= 15 is 0 Å². The van der Waals surface area contributed by atoms with Gasteiger partial charge in [0, 0.05) is 12.6 Å². The van der Waals surface area contributed by atoms with Crippen LogP contribution in [0.5, 0.6) is 0 Å². The summed E-state index contributed by atoms with van der Waals surface area (Å²) in [6, 6.07) is 8.93. The molecule has 108 valence electrons. The van der Waals surface area contributed by atoms with Crippen molar-refractivity contribution in [2.24, 2.45) is 0 Å². The van der Waals surface area contributed by atoms with Gasteiger partial charge in [0.2, 0.25) is 0 Å². The average molecular weight is 263 g/mol. The first kappa shape index (κ1) is 16.2. The molecule has 2 heteroatoms. The van der Waals surface area contributed by atoms with Gasteiger partial charge >= 0.3 is 0 Å². The Bertz CT molecular complexity index is 347. The number of aryl methyl sites for hydroxylation is 1. The highest BCUT2D eigenvalue weighted by molar-refractivity contribution is 5.24. The van der Waals surface area contributed by atoms with Gasteiger partial charge < -0.3 is 10.0 Å². The van der Waals surface area contributed by atoms with Crippen LogP contribution in [0.3, 0.4) is 0 Å². The summed E-state index contributed by atoms with van der Waals surface area (Å²) in [5, 5.41) is 10.3. The Morgan fingerprint density at radius 2 is 1.74 bits per heavy atom. The Morgan fingerprint density at radius 3 is 2.26 bits per heavy atom. The molecule has 0 heterocycles. The minimum atomic E-state index is -0.389. The van der Waals surface area contributed by atoms with E-state index in [4.69, 9.17) is 0 Å². The lowest BCUT2D eigenvalue weighted by molar-refractivity contribution is 0.106. The molecule has 0 saturated heterocycles. The van der Waals surface area contributed by atoms with Gasteiger partial charge in [0.05, 0.1) is 6.10 Å². The first-order valence-electron chi connectivity index (χ1n) is 7.55. The summed E-state index contributed by atoms with van der Waals surface area (Å²) in [6.07, 6.45) is 4.26. The van der Waals surface area contributed by atoms with Crippen molar-refractivity contribution >= 4 is 0 Å². The molecule has 0 aliphatic rings. The van der Waals surface area contributed by atoms with Crippen LogP contribution in [0.15, 0.2) is 24.3 Å². The van der Waals surface area contributed by atoms with Gasteiger partial charge in [-0.05, 0) is 37.9 Å². The van der Waals surface area contributed by atoms with Crippen LogP contribution in [-0.4, -0.2) is 29.6 Å². The summed E-state index contributed by atoms with van der Waals surface area (Å²) in [5.74, 6) is 0. The van der Waals surface area contributed by atoms with Gasteiger partial charge in [0.1, 0.15) is 0 Å². The summed E-state index contributed by atoms with van der Waals surface area (Å²) in [5.41, 5.74) is 2.38. The van der Waals surface area contributed by atoms with Crippen LogP contribution in [0.25, 0.3) is 0 Å². The van der Waals surface area contributed by atoms with Gasteiger partial charge in [-0.25, -0.2) is 0 Å². The van der Waals surface area contributed by atoms with Gasteiger partial charge in [-0.3, -0.25) is 0 Å². The first-order valence-corrected chi connectivity index (χ1v) is 7.55. The zero-order valence-electron chi connectivity index (χ0n) is 12.9. The topological polar surface area (TPSA) is 23.5 Å². The van der Waals surface area contributed by atoms with Crippen LogP contribution < -0.4 is 0 Å². The number of likely N-dealkylation sites (N-methyl/N-ethyl adjacent to an activating group) is 1. The fourth-order valence-corrected chi connectivity index (χ4v) is 2.39. The highest BCUT2D eigenvalue weighted by Crippen LogP contribution is 2.17. The minimum absolute atomic E-state index is 0.389. The molecule has 2 unspecified atom stereocenters. The predicted molar refractivity (Wildman–Crippen MR) is 82.4 cm³/mol. The largest absolute Gasteiger partial charge is 0.387 e. The zero-order valence-corrected chi connectivity index (χ0v) is 12.9. The predicted octanol–water partition coefficient (Wildman–Crippen LogP) is 3.79. The summed E-state index contributed by atoms with van der Waals surface area (Å²) < 4.78 is 0.